The maximum atomic E-state index is 12.7. The van der Waals surface area contributed by atoms with Crippen molar-refractivity contribution in [2.75, 3.05) is 6.61 Å². The number of ether oxygens (including phenoxy) is 2. The van der Waals surface area contributed by atoms with Gasteiger partial charge in [-0.25, -0.2) is 0 Å². The van der Waals surface area contributed by atoms with Crippen molar-refractivity contribution < 1.29 is 23.9 Å². The molecule has 0 aromatic heterocycles. The lowest BCUT2D eigenvalue weighted by Crippen LogP contribution is -2.44. The summed E-state index contributed by atoms with van der Waals surface area (Å²) >= 11 is 0. The fraction of sp³-hybridized carbons (Fsp3) is 0.875. The van der Waals surface area contributed by atoms with Gasteiger partial charge in [0, 0.05) is 18.3 Å². The average molecular weight is 413 g/mol. The number of hydrogen-bond donors (Lipinski definition) is 0. The maximum Gasteiger partial charge on any atom is 0.309 e. The molecule has 2 atom stereocenters. The summed E-state index contributed by atoms with van der Waals surface area (Å²) in [7, 11) is 0. The SMILES string of the molecule is CCC(C)(OCC(C)(C)OC(=O)C(C)CCC(C)C)C(=O)CCC(=O)C(C)(C)C. The van der Waals surface area contributed by atoms with Crippen molar-refractivity contribution in [2.45, 2.75) is 113 Å². The zero-order valence-corrected chi connectivity index (χ0v) is 20.4. The molecule has 0 N–H and O–H groups in total. The Morgan fingerprint density at radius 2 is 1.34 bits per heavy atom. The largest absolute Gasteiger partial charge is 0.457 e. The number of carbonyl (C=O) groups is 3. The molecule has 170 valence electrons. The van der Waals surface area contributed by atoms with Crippen molar-refractivity contribution >= 4 is 17.5 Å². The van der Waals surface area contributed by atoms with Gasteiger partial charge in [-0.3, -0.25) is 14.4 Å². The molecule has 0 radical (unpaired) electrons. The first-order valence-corrected chi connectivity index (χ1v) is 11.0. The Kier molecular flexibility index (Phi) is 10.8. The van der Waals surface area contributed by atoms with Crippen LogP contribution >= 0.6 is 0 Å². The fourth-order valence-corrected chi connectivity index (χ4v) is 2.68. The monoisotopic (exact) mass is 412 g/mol. The van der Waals surface area contributed by atoms with Crippen LogP contribution in [0.15, 0.2) is 0 Å². The Balaban J connectivity index is 4.79. The van der Waals surface area contributed by atoms with Gasteiger partial charge in [-0.1, -0.05) is 54.9 Å². The lowest BCUT2D eigenvalue weighted by Gasteiger charge is -2.33. The van der Waals surface area contributed by atoms with E-state index in [1.54, 1.807) is 20.8 Å². The lowest BCUT2D eigenvalue weighted by atomic mass is 9.85. The molecule has 2 unspecified atom stereocenters. The van der Waals surface area contributed by atoms with Crippen LogP contribution in [0.25, 0.3) is 0 Å². The molecule has 0 bridgehead atoms. The van der Waals surface area contributed by atoms with Crippen LogP contribution in [0.2, 0.25) is 0 Å². The molecule has 0 fully saturated rings. The molecule has 5 nitrogen and oxygen atoms in total. The average Bonchev–Trinajstić information content (AvgIpc) is 2.60. The minimum absolute atomic E-state index is 0.0638. The van der Waals surface area contributed by atoms with E-state index >= 15 is 0 Å². The van der Waals surface area contributed by atoms with Crippen LogP contribution < -0.4 is 0 Å². The second kappa shape index (κ2) is 11.2. The van der Waals surface area contributed by atoms with E-state index in [-0.39, 0.29) is 42.9 Å². The van der Waals surface area contributed by atoms with Gasteiger partial charge in [-0.2, -0.15) is 0 Å². The van der Waals surface area contributed by atoms with Crippen LogP contribution in [0, 0.1) is 17.3 Å². The smallest absolute Gasteiger partial charge is 0.309 e. The normalized spacial score (nSPS) is 15.7. The van der Waals surface area contributed by atoms with Crippen molar-refractivity contribution in [1.29, 1.82) is 0 Å². The summed E-state index contributed by atoms with van der Waals surface area (Å²) in [4.78, 5) is 37.3. The third-order valence-corrected chi connectivity index (χ3v) is 5.37. The number of ketones is 2. The number of rotatable bonds is 13. The standard InChI is InChI=1S/C24H44O5/c1-11-24(10,20(26)15-14-19(25)22(5,6)7)28-16-23(8,9)29-21(27)18(4)13-12-17(2)3/h17-18H,11-16H2,1-10H3. The molecule has 0 heterocycles. The van der Waals surface area contributed by atoms with Crippen LogP contribution in [0.5, 0.6) is 0 Å². The second-order valence-corrected chi connectivity index (χ2v) is 10.5. The van der Waals surface area contributed by atoms with Crippen LogP contribution in [0.1, 0.15) is 101 Å². The molecule has 0 saturated carbocycles. The summed E-state index contributed by atoms with van der Waals surface area (Å²) in [5, 5.41) is 0. The summed E-state index contributed by atoms with van der Waals surface area (Å²) in [6.07, 6.45) is 2.63. The molecule has 0 aromatic rings. The number of Topliss-reactive ketones (excluding diaryl/α,β-unsaturated/α-hetero) is 2. The van der Waals surface area contributed by atoms with E-state index in [0.29, 0.717) is 12.3 Å². The van der Waals surface area contributed by atoms with Crippen molar-refractivity contribution in [3.8, 4) is 0 Å². The van der Waals surface area contributed by atoms with Gasteiger partial charge in [-0.15, -0.1) is 0 Å². The fourth-order valence-electron chi connectivity index (χ4n) is 2.68. The summed E-state index contributed by atoms with van der Waals surface area (Å²) < 4.78 is 11.6. The van der Waals surface area contributed by atoms with Gasteiger partial charge in [-0.05, 0) is 39.5 Å². The third-order valence-electron chi connectivity index (χ3n) is 5.37. The summed E-state index contributed by atoms with van der Waals surface area (Å²) in [6.45, 7) is 19.1. The van der Waals surface area contributed by atoms with Gasteiger partial charge in [0.25, 0.3) is 0 Å². The first kappa shape index (κ1) is 27.8. The van der Waals surface area contributed by atoms with Gasteiger partial charge in [0.1, 0.15) is 17.0 Å². The predicted octanol–water partition coefficient (Wildman–Crippen LogP) is 5.53. The molecule has 5 heteroatoms. The zero-order chi connectivity index (χ0) is 23.0. The number of hydrogen-bond acceptors (Lipinski definition) is 5. The van der Waals surface area contributed by atoms with E-state index in [0.717, 1.165) is 12.8 Å². The molecule has 29 heavy (non-hydrogen) atoms. The molecule has 0 rings (SSSR count). The van der Waals surface area contributed by atoms with E-state index in [1.165, 1.54) is 0 Å². The predicted molar refractivity (Wildman–Crippen MR) is 117 cm³/mol. The molecule has 0 aliphatic carbocycles. The molecule has 0 aliphatic rings. The Labute approximate surface area is 178 Å². The molecule has 0 saturated heterocycles. The van der Waals surface area contributed by atoms with Crippen LogP contribution in [0.4, 0.5) is 0 Å². The van der Waals surface area contributed by atoms with Crippen molar-refractivity contribution in [1.82, 2.24) is 0 Å². The second-order valence-electron chi connectivity index (χ2n) is 10.5. The molecule has 0 aromatic carbocycles. The summed E-state index contributed by atoms with van der Waals surface area (Å²) in [5.41, 5.74) is -2.28. The highest BCUT2D eigenvalue weighted by atomic mass is 16.6. The van der Waals surface area contributed by atoms with Gasteiger partial charge in [0.2, 0.25) is 0 Å². The number of esters is 1. The van der Waals surface area contributed by atoms with Crippen molar-refractivity contribution in [3.63, 3.8) is 0 Å². The van der Waals surface area contributed by atoms with Gasteiger partial charge in [0.15, 0.2) is 5.78 Å². The van der Waals surface area contributed by atoms with Crippen molar-refractivity contribution in [3.05, 3.63) is 0 Å². The van der Waals surface area contributed by atoms with Crippen LogP contribution in [-0.4, -0.2) is 35.3 Å². The molecular formula is C24H44O5. The van der Waals surface area contributed by atoms with Crippen LogP contribution in [-0.2, 0) is 23.9 Å². The minimum atomic E-state index is -0.995. The summed E-state index contributed by atoms with van der Waals surface area (Å²) in [5.74, 6) is 0.112. The first-order chi connectivity index (χ1) is 13.0. The first-order valence-electron chi connectivity index (χ1n) is 11.0. The highest BCUT2D eigenvalue weighted by Crippen LogP contribution is 2.25. The van der Waals surface area contributed by atoms with E-state index in [1.807, 2.05) is 34.6 Å². The number of carbonyl (C=O) groups excluding carboxylic acids is 3. The minimum Gasteiger partial charge on any atom is -0.457 e. The lowest BCUT2D eigenvalue weighted by molar-refractivity contribution is -0.176. The zero-order valence-electron chi connectivity index (χ0n) is 20.4. The Hall–Kier alpha value is -1.23. The van der Waals surface area contributed by atoms with Gasteiger partial charge < -0.3 is 9.47 Å². The highest BCUT2D eigenvalue weighted by Gasteiger charge is 2.36. The quantitative estimate of drug-likeness (QED) is 0.372. The Bertz CT molecular complexity index is 556. The Morgan fingerprint density at radius 1 is 0.828 bits per heavy atom. The van der Waals surface area contributed by atoms with E-state index in [9.17, 15) is 14.4 Å². The van der Waals surface area contributed by atoms with E-state index in [4.69, 9.17) is 9.47 Å². The Morgan fingerprint density at radius 3 is 1.79 bits per heavy atom. The van der Waals surface area contributed by atoms with Gasteiger partial charge in [0.05, 0.1) is 12.5 Å². The molecule has 0 amide bonds. The highest BCUT2D eigenvalue weighted by molar-refractivity contribution is 5.92. The van der Waals surface area contributed by atoms with E-state index in [2.05, 4.69) is 13.8 Å². The van der Waals surface area contributed by atoms with E-state index < -0.39 is 16.6 Å². The van der Waals surface area contributed by atoms with Crippen molar-refractivity contribution in [2.24, 2.45) is 17.3 Å². The summed E-state index contributed by atoms with van der Waals surface area (Å²) in [6, 6.07) is 0. The topological polar surface area (TPSA) is 69.7 Å². The molecule has 0 spiro atoms. The maximum absolute atomic E-state index is 12.7. The third kappa shape index (κ3) is 10.4. The molecular weight excluding hydrogens is 368 g/mol. The molecule has 0 aliphatic heterocycles. The van der Waals surface area contributed by atoms with Gasteiger partial charge >= 0.3 is 5.97 Å². The van der Waals surface area contributed by atoms with Crippen LogP contribution in [0.3, 0.4) is 0 Å².